The molecule has 0 saturated carbocycles. The first-order valence-electron chi connectivity index (χ1n) is 6.14. The highest BCUT2D eigenvalue weighted by Crippen LogP contribution is 2.18. The van der Waals surface area contributed by atoms with E-state index < -0.39 is 11.3 Å². The highest BCUT2D eigenvalue weighted by molar-refractivity contribution is 6.00. The summed E-state index contributed by atoms with van der Waals surface area (Å²) < 4.78 is 0. The van der Waals surface area contributed by atoms with Gasteiger partial charge in [-0.2, -0.15) is 0 Å². The molecule has 0 aliphatic carbocycles. The summed E-state index contributed by atoms with van der Waals surface area (Å²) in [5.41, 5.74) is 6.88. The summed E-state index contributed by atoms with van der Waals surface area (Å²) in [6.07, 6.45) is 0. The van der Waals surface area contributed by atoms with E-state index in [1.54, 1.807) is 27.0 Å². The summed E-state index contributed by atoms with van der Waals surface area (Å²) in [6, 6.07) is 5.52. The lowest BCUT2D eigenvalue weighted by molar-refractivity contribution is -0.125. The summed E-state index contributed by atoms with van der Waals surface area (Å²) in [7, 11) is 1.76. The quantitative estimate of drug-likeness (QED) is 0.748. The van der Waals surface area contributed by atoms with Gasteiger partial charge in [-0.15, -0.1) is 0 Å². The molecule has 5 heteroatoms. The van der Waals surface area contributed by atoms with E-state index in [1.165, 1.54) is 0 Å². The minimum absolute atomic E-state index is 0.207. The van der Waals surface area contributed by atoms with E-state index in [9.17, 15) is 9.59 Å². The smallest absolute Gasteiger partial charge is 0.253 e. The number of amides is 2. The van der Waals surface area contributed by atoms with Crippen LogP contribution in [0.4, 0.5) is 5.69 Å². The Kier molecular flexibility index (Phi) is 4.53. The minimum Gasteiger partial charge on any atom is -0.387 e. The number of hydrogen-bond acceptors (Lipinski definition) is 3. The molecule has 0 heterocycles. The number of rotatable bonds is 5. The van der Waals surface area contributed by atoms with Gasteiger partial charge in [0.1, 0.15) is 0 Å². The number of nitrogens with two attached hydrogens (primary N) is 1. The molecule has 0 aromatic heterocycles. The Morgan fingerprint density at radius 2 is 1.95 bits per heavy atom. The van der Waals surface area contributed by atoms with Gasteiger partial charge >= 0.3 is 0 Å². The molecule has 0 saturated heterocycles. The van der Waals surface area contributed by atoms with Crippen LogP contribution in [0.2, 0.25) is 0 Å². The molecule has 0 bridgehead atoms. The maximum Gasteiger partial charge on any atom is 0.253 e. The Morgan fingerprint density at radius 3 is 2.47 bits per heavy atom. The van der Waals surface area contributed by atoms with Crippen molar-refractivity contribution in [2.24, 2.45) is 11.1 Å². The molecular weight excluding hydrogens is 242 g/mol. The molecule has 1 aromatic carbocycles. The van der Waals surface area contributed by atoms with Gasteiger partial charge in [-0.25, -0.2) is 0 Å². The Balaban J connectivity index is 2.82. The van der Waals surface area contributed by atoms with Crippen molar-refractivity contribution in [3.63, 3.8) is 0 Å². The molecule has 0 unspecified atom stereocenters. The van der Waals surface area contributed by atoms with Gasteiger partial charge in [0, 0.05) is 19.3 Å². The molecule has 0 aliphatic rings. The van der Waals surface area contributed by atoms with Crippen molar-refractivity contribution in [3.05, 3.63) is 29.3 Å². The lowest BCUT2D eigenvalue weighted by atomic mass is 9.92. The van der Waals surface area contributed by atoms with Crippen LogP contribution < -0.4 is 16.4 Å². The van der Waals surface area contributed by atoms with Gasteiger partial charge in [0.05, 0.1) is 11.0 Å². The predicted octanol–water partition coefficient (Wildman–Crippen LogP) is 1.28. The van der Waals surface area contributed by atoms with Crippen LogP contribution in [0.15, 0.2) is 18.2 Å². The Morgan fingerprint density at radius 1 is 1.32 bits per heavy atom. The van der Waals surface area contributed by atoms with Crippen molar-refractivity contribution >= 4 is 17.5 Å². The average molecular weight is 263 g/mol. The van der Waals surface area contributed by atoms with Gasteiger partial charge in [-0.3, -0.25) is 9.59 Å². The number of nitrogens with one attached hydrogen (secondary N) is 2. The lowest BCUT2D eigenvalue weighted by Gasteiger charge is -2.21. The molecule has 5 nitrogen and oxygen atoms in total. The number of aryl methyl sites for hydroxylation is 1. The van der Waals surface area contributed by atoms with Crippen LogP contribution in [0.25, 0.3) is 0 Å². The van der Waals surface area contributed by atoms with Gasteiger partial charge < -0.3 is 16.4 Å². The molecule has 0 radical (unpaired) electrons. The molecular formula is C14H21N3O2. The van der Waals surface area contributed by atoms with E-state index in [-0.39, 0.29) is 12.5 Å². The Bertz CT molecular complexity index is 495. The van der Waals surface area contributed by atoms with E-state index in [0.29, 0.717) is 5.56 Å². The lowest BCUT2D eigenvalue weighted by Crippen LogP contribution is -2.42. The van der Waals surface area contributed by atoms with Crippen LogP contribution >= 0.6 is 0 Å². The first kappa shape index (κ1) is 15.0. The maximum absolute atomic E-state index is 12.1. The fraction of sp³-hybridized carbons (Fsp3) is 0.429. The zero-order chi connectivity index (χ0) is 14.6. The summed E-state index contributed by atoms with van der Waals surface area (Å²) in [6.45, 7) is 5.56. The third-order valence-electron chi connectivity index (χ3n) is 3.05. The van der Waals surface area contributed by atoms with Crippen LogP contribution in [0.5, 0.6) is 0 Å². The van der Waals surface area contributed by atoms with E-state index in [2.05, 4.69) is 10.6 Å². The van der Waals surface area contributed by atoms with Gasteiger partial charge in [0.15, 0.2) is 0 Å². The molecule has 2 amide bonds. The molecule has 0 fully saturated rings. The van der Waals surface area contributed by atoms with E-state index in [1.807, 2.05) is 19.1 Å². The zero-order valence-corrected chi connectivity index (χ0v) is 11.8. The van der Waals surface area contributed by atoms with Crippen LogP contribution in [0, 0.1) is 12.3 Å². The summed E-state index contributed by atoms with van der Waals surface area (Å²) in [4.78, 5) is 23.3. The number of carbonyl (C=O) groups excluding carboxylic acids is 2. The number of carbonyl (C=O) groups is 2. The van der Waals surface area contributed by atoms with Crippen LogP contribution in [-0.2, 0) is 4.79 Å². The third-order valence-corrected chi connectivity index (χ3v) is 3.05. The average Bonchev–Trinajstić information content (AvgIpc) is 2.35. The molecule has 4 N–H and O–H groups in total. The second kappa shape index (κ2) is 5.73. The highest BCUT2D eigenvalue weighted by atomic mass is 16.2. The second-order valence-corrected chi connectivity index (χ2v) is 5.23. The van der Waals surface area contributed by atoms with Crippen molar-refractivity contribution in [2.45, 2.75) is 20.8 Å². The molecule has 19 heavy (non-hydrogen) atoms. The molecule has 0 atom stereocenters. The van der Waals surface area contributed by atoms with Gasteiger partial charge in [-0.1, -0.05) is 6.07 Å². The van der Waals surface area contributed by atoms with Crippen molar-refractivity contribution in [2.75, 3.05) is 18.9 Å². The highest BCUT2D eigenvalue weighted by Gasteiger charge is 2.25. The van der Waals surface area contributed by atoms with E-state index in [4.69, 9.17) is 5.73 Å². The van der Waals surface area contributed by atoms with Crippen molar-refractivity contribution in [1.29, 1.82) is 0 Å². The monoisotopic (exact) mass is 263 g/mol. The maximum atomic E-state index is 12.1. The number of benzene rings is 1. The summed E-state index contributed by atoms with van der Waals surface area (Å²) in [5.74, 6) is -0.663. The molecule has 1 aromatic rings. The van der Waals surface area contributed by atoms with Crippen LogP contribution in [0.3, 0.4) is 0 Å². The van der Waals surface area contributed by atoms with E-state index in [0.717, 1.165) is 11.3 Å². The fourth-order valence-electron chi connectivity index (χ4n) is 1.55. The van der Waals surface area contributed by atoms with Crippen molar-refractivity contribution in [1.82, 2.24) is 5.32 Å². The molecule has 104 valence electrons. The minimum atomic E-state index is -0.764. The van der Waals surface area contributed by atoms with Gasteiger partial charge in [0.25, 0.3) is 5.91 Å². The number of anilines is 1. The Labute approximate surface area is 113 Å². The van der Waals surface area contributed by atoms with Crippen LogP contribution in [-0.4, -0.2) is 25.4 Å². The second-order valence-electron chi connectivity index (χ2n) is 5.23. The summed E-state index contributed by atoms with van der Waals surface area (Å²) in [5, 5.41) is 5.72. The first-order chi connectivity index (χ1) is 8.77. The van der Waals surface area contributed by atoms with Gasteiger partial charge in [0.2, 0.25) is 5.91 Å². The predicted molar refractivity (Wildman–Crippen MR) is 76.0 cm³/mol. The molecule has 1 rings (SSSR count). The van der Waals surface area contributed by atoms with Crippen LogP contribution in [0.1, 0.15) is 29.8 Å². The molecule has 0 aliphatic heterocycles. The normalized spacial score (nSPS) is 10.9. The number of hydrogen-bond donors (Lipinski definition) is 3. The molecule has 0 spiro atoms. The largest absolute Gasteiger partial charge is 0.387 e. The first-order valence-corrected chi connectivity index (χ1v) is 6.14. The Hall–Kier alpha value is -2.04. The van der Waals surface area contributed by atoms with Crippen molar-refractivity contribution < 1.29 is 9.59 Å². The number of primary amides is 1. The van der Waals surface area contributed by atoms with Gasteiger partial charge in [-0.05, 0) is 38.5 Å². The topological polar surface area (TPSA) is 84.2 Å². The standard InChI is InChI=1S/C14H21N3O2/c1-9-5-6-10(11(7-9)16-4)12(18)17-8-14(2,3)13(15)19/h5-7,16H,8H2,1-4H3,(H2,15,19)(H,17,18). The zero-order valence-electron chi connectivity index (χ0n) is 11.8. The van der Waals surface area contributed by atoms with Crippen molar-refractivity contribution in [3.8, 4) is 0 Å². The SMILES string of the molecule is CNc1cc(C)ccc1C(=O)NCC(C)(C)C(N)=O. The summed E-state index contributed by atoms with van der Waals surface area (Å²) >= 11 is 0. The fourth-order valence-corrected chi connectivity index (χ4v) is 1.55. The third kappa shape index (κ3) is 3.71. The van der Waals surface area contributed by atoms with E-state index >= 15 is 0 Å².